The molecule has 4 nitrogen and oxygen atoms in total. The van der Waals surface area contributed by atoms with Crippen molar-refractivity contribution in [3.8, 4) is 16.9 Å². The van der Waals surface area contributed by atoms with E-state index in [1.165, 1.54) is 29.4 Å². The second-order valence-electron chi connectivity index (χ2n) is 10.7. The summed E-state index contributed by atoms with van der Waals surface area (Å²) in [6, 6.07) is 17.6. The molecule has 38 heavy (non-hydrogen) atoms. The molecule has 2 aromatic carbocycles. The first-order valence-corrected chi connectivity index (χ1v) is 14.1. The molecule has 0 aliphatic heterocycles. The molecule has 200 valence electrons. The Labute approximate surface area is 228 Å². The van der Waals surface area contributed by atoms with Crippen LogP contribution >= 0.6 is 0 Å². The molecule has 0 radical (unpaired) electrons. The fourth-order valence-electron chi connectivity index (χ4n) is 5.72. The largest absolute Gasteiger partial charge is 0.469 e. The molecular formula is C34H42N2O2. The van der Waals surface area contributed by atoms with E-state index >= 15 is 0 Å². The van der Waals surface area contributed by atoms with Gasteiger partial charge in [0.05, 0.1) is 29.9 Å². The Kier molecular flexibility index (Phi) is 8.40. The number of carbonyl (C=O) groups is 1. The molecule has 0 aliphatic rings. The van der Waals surface area contributed by atoms with E-state index in [4.69, 9.17) is 9.72 Å². The molecule has 4 aromatic rings. The van der Waals surface area contributed by atoms with Crippen LogP contribution in [0.1, 0.15) is 82.6 Å². The molecule has 0 unspecified atom stereocenters. The van der Waals surface area contributed by atoms with Gasteiger partial charge in [0.15, 0.2) is 0 Å². The molecule has 0 N–H and O–H groups in total. The molecule has 0 atom stereocenters. The molecular weight excluding hydrogens is 468 g/mol. The summed E-state index contributed by atoms with van der Waals surface area (Å²) in [5.41, 5.74) is 8.92. The number of rotatable bonds is 10. The van der Waals surface area contributed by atoms with Crippen LogP contribution in [-0.2, 0) is 28.8 Å². The zero-order chi connectivity index (χ0) is 27.4. The first kappa shape index (κ1) is 27.6. The highest BCUT2D eigenvalue weighted by molar-refractivity contribution is 5.90. The number of nitrogens with zero attached hydrogens (tertiary/aromatic N) is 2. The molecule has 0 fully saturated rings. The van der Waals surface area contributed by atoms with Crippen LogP contribution in [0.2, 0.25) is 0 Å². The number of pyridine rings is 1. The molecule has 0 aliphatic carbocycles. The van der Waals surface area contributed by atoms with Crippen LogP contribution < -0.4 is 0 Å². The van der Waals surface area contributed by atoms with Gasteiger partial charge in [-0.25, -0.2) is 0 Å². The predicted molar refractivity (Wildman–Crippen MR) is 158 cm³/mol. The highest BCUT2D eigenvalue weighted by Crippen LogP contribution is 2.38. The van der Waals surface area contributed by atoms with E-state index in [-0.39, 0.29) is 5.97 Å². The van der Waals surface area contributed by atoms with Crippen LogP contribution in [0.5, 0.6) is 0 Å². The zero-order valence-electron chi connectivity index (χ0n) is 24.1. The lowest BCUT2D eigenvalue weighted by Crippen LogP contribution is -2.33. The lowest BCUT2D eigenvalue weighted by atomic mass is 9.77. The number of hydrogen-bond donors (Lipinski definition) is 0. The minimum atomic E-state index is -0.561. The average molecular weight is 511 g/mol. The molecule has 0 spiro atoms. The number of carbonyl (C=O) groups excluding carboxylic acids is 1. The monoisotopic (exact) mass is 510 g/mol. The molecule has 0 saturated heterocycles. The lowest BCUT2D eigenvalue weighted by Gasteiger charge is -2.28. The van der Waals surface area contributed by atoms with Gasteiger partial charge in [0, 0.05) is 22.8 Å². The van der Waals surface area contributed by atoms with Crippen molar-refractivity contribution in [1.82, 2.24) is 9.55 Å². The van der Waals surface area contributed by atoms with Gasteiger partial charge in [0.2, 0.25) is 0 Å². The summed E-state index contributed by atoms with van der Waals surface area (Å²) in [4.78, 5) is 18.0. The highest BCUT2D eigenvalue weighted by atomic mass is 16.5. The Morgan fingerprint density at radius 2 is 1.58 bits per heavy atom. The smallest absolute Gasteiger partial charge is 0.312 e. The highest BCUT2D eigenvalue weighted by Gasteiger charge is 2.37. The van der Waals surface area contributed by atoms with E-state index in [1.807, 2.05) is 6.20 Å². The van der Waals surface area contributed by atoms with Gasteiger partial charge in [-0.05, 0) is 78.5 Å². The van der Waals surface area contributed by atoms with Crippen LogP contribution in [0, 0.1) is 5.41 Å². The normalized spacial score (nSPS) is 11.9. The number of fused-ring (bicyclic) bond motifs is 1. The number of aromatic nitrogens is 2. The Morgan fingerprint density at radius 1 is 0.947 bits per heavy atom. The minimum absolute atomic E-state index is 0.136. The SMILES string of the molecule is CCc1cccc(CC)c1-c1cc2c(CC(CC)(CC)C(=O)OC)cn(-c3ccc(C(C)C)cc3)c2cn1. The van der Waals surface area contributed by atoms with Gasteiger partial charge in [-0.15, -0.1) is 0 Å². The molecule has 2 heterocycles. The van der Waals surface area contributed by atoms with E-state index in [1.54, 1.807) is 0 Å². The third kappa shape index (κ3) is 5.01. The van der Waals surface area contributed by atoms with Crippen LogP contribution in [0.15, 0.2) is 60.9 Å². The number of ether oxygens (including phenoxy) is 1. The number of esters is 1. The summed E-state index contributed by atoms with van der Waals surface area (Å²) in [6.45, 7) is 13.0. The fraction of sp³-hybridized carbons (Fsp3) is 0.412. The Bertz CT molecular complexity index is 1390. The number of methoxy groups -OCH3 is 1. The summed E-state index contributed by atoms with van der Waals surface area (Å²) < 4.78 is 7.53. The third-order valence-electron chi connectivity index (χ3n) is 8.37. The fourth-order valence-corrected chi connectivity index (χ4v) is 5.72. The Morgan fingerprint density at radius 3 is 2.11 bits per heavy atom. The third-order valence-corrected chi connectivity index (χ3v) is 8.37. The second kappa shape index (κ2) is 11.6. The quantitative estimate of drug-likeness (QED) is 0.201. The van der Waals surface area contributed by atoms with Crippen molar-refractivity contribution in [2.45, 2.75) is 79.6 Å². The first-order chi connectivity index (χ1) is 18.3. The van der Waals surface area contributed by atoms with Crippen LogP contribution in [0.4, 0.5) is 0 Å². The van der Waals surface area contributed by atoms with E-state index in [0.29, 0.717) is 12.3 Å². The topological polar surface area (TPSA) is 44.1 Å². The van der Waals surface area contributed by atoms with Crippen molar-refractivity contribution in [1.29, 1.82) is 0 Å². The van der Waals surface area contributed by atoms with Crippen LogP contribution in [0.3, 0.4) is 0 Å². The lowest BCUT2D eigenvalue weighted by molar-refractivity contribution is -0.153. The maximum atomic E-state index is 13.0. The van der Waals surface area contributed by atoms with E-state index in [2.05, 4.69) is 101 Å². The van der Waals surface area contributed by atoms with Crippen molar-refractivity contribution < 1.29 is 9.53 Å². The van der Waals surface area contributed by atoms with Crippen molar-refractivity contribution in [2.75, 3.05) is 7.11 Å². The van der Waals surface area contributed by atoms with Gasteiger partial charge in [0.25, 0.3) is 0 Å². The summed E-state index contributed by atoms with van der Waals surface area (Å²) in [5.74, 6) is 0.343. The van der Waals surface area contributed by atoms with Gasteiger partial charge in [-0.2, -0.15) is 0 Å². The van der Waals surface area contributed by atoms with Crippen molar-refractivity contribution in [2.24, 2.45) is 5.41 Å². The van der Waals surface area contributed by atoms with E-state index in [9.17, 15) is 4.79 Å². The molecule has 0 saturated carbocycles. The van der Waals surface area contributed by atoms with Gasteiger partial charge in [-0.1, -0.05) is 71.9 Å². The molecule has 4 heteroatoms. The van der Waals surface area contributed by atoms with Crippen molar-refractivity contribution in [3.05, 3.63) is 83.2 Å². The second-order valence-corrected chi connectivity index (χ2v) is 10.7. The van der Waals surface area contributed by atoms with Crippen LogP contribution in [0.25, 0.3) is 27.8 Å². The average Bonchev–Trinajstić information content (AvgIpc) is 3.32. The van der Waals surface area contributed by atoms with E-state index < -0.39 is 5.41 Å². The maximum absolute atomic E-state index is 13.0. The number of hydrogen-bond acceptors (Lipinski definition) is 3. The molecule has 0 bridgehead atoms. The van der Waals surface area contributed by atoms with Gasteiger partial charge < -0.3 is 9.30 Å². The molecule has 2 aromatic heterocycles. The summed E-state index contributed by atoms with van der Waals surface area (Å²) in [5, 5.41) is 1.14. The zero-order valence-corrected chi connectivity index (χ0v) is 24.1. The van der Waals surface area contributed by atoms with Crippen LogP contribution in [-0.4, -0.2) is 22.6 Å². The molecule has 0 amide bonds. The summed E-state index contributed by atoms with van der Waals surface area (Å²) >= 11 is 0. The number of benzene rings is 2. The molecule has 4 rings (SSSR count). The number of aryl methyl sites for hydroxylation is 2. The summed E-state index contributed by atoms with van der Waals surface area (Å²) in [6.07, 6.45) is 8.20. The summed E-state index contributed by atoms with van der Waals surface area (Å²) in [7, 11) is 1.50. The van der Waals surface area contributed by atoms with Gasteiger partial charge in [0.1, 0.15) is 0 Å². The Hall–Kier alpha value is -3.40. The predicted octanol–water partition coefficient (Wildman–Crippen LogP) is 8.46. The van der Waals surface area contributed by atoms with Gasteiger partial charge in [-0.3, -0.25) is 9.78 Å². The Balaban J connectivity index is 1.96. The van der Waals surface area contributed by atoms with Gasteiger partial charge >= 0.3 is 5.97 Å². The standard InChI is InChI=1S/C34H42N2O2/c1-8-24-13-12-14-25(9-2)32(24)30-19-29-27(20-34(10-3,11-4)33(37)38-7)22-36(31(29)21-35-30)28-17-15-26(16-18-28)23(5)6/h12-19,21-23H,8-11,20H2,1-7H3. The van der Waals surface area contributed by atoms with Crippen molar-refractivity contribution in [3.63, 3.8) is 0 Å². The first-order valence-electron chi connectivity index (χ1n) is 14.1. The maximum Gasteiger partial charge on any atom is 0.312 e. The minimum Gasteiger partial charge on any atom is -0.469 e. The van der Waals surface area contributed by atoms with E-state index in [0.717, 1.165) is 53.5 Å². The van der Waals surface area contributed by atoms with Crippen molar-refractivity contribution >= 4 is 16.9 Å².